The number of carbonyl (C=O) groups is 2. The Morgan fingerprint density at radius 1 is 1.32 bits per heavy atom. The number of aryl methyl sites for hydroxylation is 1. The van der Waals surface area contributed by atoms with Gasteiger partial charge in [-0.15, -0.1) is 0 Å². The van der Waals surface area contributed by atoms with Gasteiger partial charge in [0.15, 0.2) is 0 Å². The highest BCUT2D eigenvalue weighted by Crippen LogP contribution is 2.32. The third kappa shape index (κ3) is 3.88. The molecule has 1 aromatic rings. The predicted octanol–water partition coefficient (Wildman–Crippen LogP) is 2.46. The highest BCUT2D eigenvalue weighted by Gasteiger charge is 2.42. The Morgan fingerprint density at radius 2 is 1.91 bits per heavy atom. The quantitative estimate of drug-likeness (QED) is 0.787. The summed E-state index contributed by atoms with van der Waals surface area (Å²) in [5.41, 5.74) is 6.32. The van der Waals surface area contributed by atoms with Gasteiger partial charge >= 0.3 is 0 Å². The zero-order valence-electron chi connectivity index (χ0n) is 13.1. The van der Waals surface area contributed by atoms with Crippen molar-refractivity contribution in [3.63, 3.8) is 0 Å². The van der Waals surface area contributed by atoms with Gasteiger partial charge in [0.1, 0.15) is 0 Å². The lowest BCUT2D eigenvalue weighted by Gasteiger charge is -2.31. The fourth-order valence-electron chi connectivity index (χ4n) is 2.20. The summed E-state index contributed by atoms with van der Waals surface area (Å²) >= 11 is 0. The number of nitrogens with zero attached hydrogens (tertiary/aromatic N) is 1. The molecule has 0 saturated carbocycles. The van der Waals surface area contributed by atoms with E-state index in [9.17, 15) is 18.4 Å². The molecule has 0 fully saturated rings. The fraction of sp³-hybridized carbons (Fsp3) is 0.500. The summed E-state index contributed by atoms with van der Waals surface area (Å²) in [7, 11) is 0. The average molecular weight is 312 g/mol. The molecule has 0 aromatic heterocycles. The lowest BCUT2D eigenvalue weighted by Crippen LogP contribution is -2.44. The zero-order valence-corrected chi connectivity index (χ0v) is 13.1. The molecule has 0 aliphatic carbocycles. The van der Waals surface area contributed by atoms with E-state index in [2.05, 4.69) is 0 Å². The molecule has 6 heteroatoms. The number of carbonyl (C=O) groups excluding carboxylic acids is 2. The number of nitrogens with two attached hydrogens (primary N) is 1. The van der Waals surface area contributed by atoms with Crippen LogP contribution in [0.2, 0.25) is 0 Å². The van der Waals surface area contributed by atoms with Crippen LogP contribution in [-0.4, -0.2) is 36.2 Å². The second kappa shape index (κ2) is 7.45. The summed E-state index contributed by atoms with van der Waals surface area (Å²) in [6, 6.07) is 6.72. The van der Waals surface area contributed by atoms with Crippen LogP contribution in [0.5, 0.6) is 0 Å². The van der Waals surface area contributed by atoms with E-state index in [0.717, 1.165) is 4.90 Å². The lowest BCUT2D eigenvalue weighted by molar-refractivity contribution is -0.122. The summed E-state index contributed by atoms with van der Waals surface area (Å²) in [5.74, 6) is -5.83. The van der Waals surface area contributed by atoms with Crippen LogP contribution in [0.15, 0.2) is 24.3 Å². The summed E-state index contributed by atoms with van der Waals surface area (Å²) < 4.78 is 28.2. The summed E-state index contributed by atoms with van der Waals surface area (Å²) in [6.45, 7) is 3.88. The van der Waals surface area contributed by atoms with Crippen LogP contribution in [0, 0.1) is 18.8 Å². The summed E-state index contributed by atoms with van der Waals surface area (Å²) in [6.07, 6.45) is 0.300. The van der Waals surface area contributed by atoms with Crippen LogP contribution >= 0.6 is 0 Å². The molecule has 2 unspecified atom stereocenters. The van der Waals surface area contributed by atoms with Gasteiger partial charge < -0.3 is 5.73 Å². The number of amides is 2. The van der Waals surface area contributed by atoms with Crippen LogP contribution in [0.1, 0.15) is 29.8 Å². The van der Waals surface area contributed by atoms with Gasteiger partial charge in [-0.3, -0.25) is 14.5 Å². The Labute approximate surface area is 129 Å². The molecule has 2 N–H and O–H groups in total. The predicted molar refractivity (Wildman–Crippen MR) is 80.6 cm³/mol. The molecule has 2 atom stereocenters. The van der Waals surface area contributed by atoms with Crippen molar-refractivity contribution < 1.29 is 18.4 Å². The van der Waals surface area contributed by atoms with E-state index < -0.39 is 23.7 Å². The maximum atomic E-state index is 14.1. The number of hydrogen-bond acceptors (Lipinski definition) is 3. The Kier molecular flexibility index (Phi) is 6.17. The Hall–Kier alpha value is -1.82. The summed E-state index contributed by atoms with van der Waals surface area (Å²) in [5, 5.41) is 0. The van der Waals surface area contributed by atoms with E-state index >= 15 is 0 Å². The van der Waals surface area contributed by atoms with Gasteiger partial charge in [-0.2, -0.15) is 0 Å². The first-order valence-electron chi connectivity index (χ1n) is 7.15. The van der Waals surface area contributed by atoms with Gasteiger partial charge in [0, 0.05) is 30.5 Å². The van der Waals surface area contributed by atoms with Gasteiger partial charge in [0.2, 0.25) is 6.41 Å². The Morgan fingerprint density at radius 3 is 2.41 bits per heavy atom. The molecule has 0 aliphatic heterocycles. The second-order valence-electron chi connectivity index (χ2n) is 5.59. The molecule has 22 heavy (non-hydrogen) atoms. The largest absolute Gasteiger partial charge is 0.330 e. The van der Waals surface area contributed by atoms with Crippen LogP contribution in [0.3, 0.4) is 0 Å². The van der Waals surface area contributed by atoms with Gasteiger partial charge in [-0.25, -0.2) is 8.78 Å². The number of imide groups is 1. The van der Waals surface area contributed by atoms with Gasteiger partial charge in [-0.1, -0.05) is 32.0 Å². The van der Waals surface area contributed by atoms with E-state index in [0.29, 0.717) is 17.5 Å². The molecule has 0 heterocycles. The topological polar surface area (TPSA) is 63.4 Å². The van der Waals surface area contributed by atoms with E-state index in [-0.39, 0.29) is 13.1 Å². The third-order valence-electron chi connectivity index (χ3n) is 3.90. The number of hydrogen-bond donors (Lipinski definition) is 1. The first-order chi connectivity index (χ1) is 10.3. The Bertz CT molecular complexity index is 535. The maximum absolute atomic E-state index is 14.1. The van der Waals surface area contributed by atoms with Gasteiger partial charge in [-0.05, 0) is 18.6 Å². The van der Waals surface area contributed by atoms with Crippen molar-refractivity contribution in [2.24, 2.45) is 17.6 Å². The smallest absolute Gasteiger partial charge is 0.260 e. The number of halogens is 2. The van der Waals surface area contributed by atoms with Crippen molar-refractivity contribution in [3.8, 4) is 0 Å². The first kappa shape index (κ1) is 18.2. The Balaban J connectivity index is 2.92. The fourth-order valence-corrected chi connectivity index (χ4v) is 2.20. The number of benzene rings is 1. The van der Waals surface area contributed by atoms with Crippen molar-refractivity contribution in [2.45, 2.75) is 26.7 Å². The molecule has 0 saturated heterocycles. The summed E-state index contributed by atoms with van der Waals surface area (Å²) in [4.78, 5) is 24.3. The maximum Gasteiger partial charge on any atom is 0.260 e. The third-order valence-corrected chi connectivity index (χ3v) is 3.90. The van der Waals surface area contributed by atoms with Crippen molar-refractivity contribution in [1.82, 2.24) is 4.90 Å². The van der Waals surface area contributed by atoms with Gasteiger partial charge in [0.25, 0.3) is 11.8 Å². The number of alkyl halides is 2. The zero-order chi connectivity index (χ0) is 16.9. The van der Waals surface area contributed by atoms with E-state index in [1.54, 1.807) is 31.2 Å². The molecule has 2 amide bonds. The van der Waals surface area contributed by atoms with Gasteiger partial charge in [0.05, 0.1) is 0 Å². The number of rotatable bonds is 7. The molecule has 1 aromatic carbocycles. The minimum atomic E-state index is -3.05. The van der Waals surface area contributed by atoms with E-state index in [1.165, 1.54) is 13.8 Å². The van der Waals surface area contributed by atoms with E-state index in [1.807, 2.05) is 0 Å². The monoisotopic (exact) mass is 312 g/mol. The van der Waals surface area contributed by atoms with E-state index in [4.69, 9.17) is 5.73 Å². The second-order valence-corrected chi connectivity index (χ2v) is 5.59. The van der Waals surface area contributed by atoms with Crippen LogP contribution in [0.4, 0.5) is 8.78 Å². The normalized spacial score (nSPS) is 14.3. The van der Waals surface area contributed by atoms with Crippen LogP contribution in [0.25, 0.3) is 0 Å². The van der Waals surface area contributed by atoms with Crippen molar-refractivity contribution >= 4 is 12.3 Å². The van der Waals surface area contributed by atoms with Crippen molar-refractivity contribution in [3.05, 3.63) is 35.4 Å². The molecule has 122 valence electrons. The molecule has 1 rings (SSSR count). The van der Waals surface area contributed by atoms with Crippen molar-refractivity contribution in [1.29, 1.82) is 0 Å². The standard InChI is InChI=1S/C16H22F2N2O2/c1-11-6-4-5-7-14(11)15(22)20(10-21)9-13(3)16(17,18)12(2)8-19/h4-7,10,12-13H,8-9,19H2,1-3H3. The lowest BCUT2D eigenvalue weighted by atomic mass is 9.91. The SMILES string of the molecule is Cc1ccccc1C(=O)N(C=O)CC(C)C(F)(F)C(C)CN. The molecular weight excluding hydrogens is 290 g/mol. The minimum absolute atomic E-state index is 0.163. The molecule has 0 aliphatic rings. The highest BCUT2D eigenvalue weighted by atomic mass is 19.3. The average Bonchev–Trinajstić information content (AvgIpc) is 2.51. The molecule has 0 radical (unpaired) electrons. The first-order valence-corrected chi connectivity index (χ1v) is 7.15. The van der Waals surface area contributed by atoms with Crippen LogP contribution < -0.4 is 5.73 Å². The molecule has 0 bridgehead atoms. The molecule has 0 spiro atoms. The van der Waals surface area contributed by atoms with Crippen LogP contribution in [-0.2, 0) is 4.79 Å². The van der Waals surface area contributed by atoms with Crippen molar-refractivity contribution in [2.75, 3.05) is 13.1 Å². The molecule has 4 nitrogen and oxygen atoms in total. The highest BCUT2D eigenvalue weighted by molar-refractivity contribution is 6.00. The minimum Gasteiger partial charge on any atom is -0.330 e. The molecular formula is C16H22F2N2O2.